The van der Waals surface area contributed by atoms with Gasteiger partial charge in [-0.1, -0.05) is 32.4 Å². The van der Waals surface area contributed by atoms with Crippen LogP contribution in [0.5, 0.6) is 5.75 Å². The molecule has 0 aliphatic rings. The Labute approximate surface area is 144 Å². The molecule has 0 spiro atoms. The highest BCUT2D eigenvalue weighted by Crippen LogP contribution is 2.27. The van der Waals surface area contributed by atoms with Crippen LogP contribution in [0.25, 0.3) is 20.2 Å². The summed E-state index contributed by atoms with van der Waals surface area (Å²) in [5, 5.41) is 1.37. The maximum Gasteiger partial charge on any atom is 0.196 e. The van der Waals surface area contributed by atoms with Gasteiger partial charge < -0.3 is 4.74 Å². The molecular formula is C20H20O3S. The first-order valence-corrected chi connectivity index (χ1v) is 9.03. The summed E-state index contributed by atoms with van der Waals surface area (Å²) in [5.74, 6) is 0.677. The van der Waals surface area contributed by atoms with Gasteiger partial charge in [-0.3, -0.25) is 9.59 Å². The summed E-state index contributed by atoms with van der Waals surface area (Å²) in [6.07, 6.45) is 1.86. The Hall–Kier alpha value is -2.20. The molecule has 0 aliphatic carbocycles. The Morgan fingerprint density at radius 1 is 1.12 bits per heavy atom. The number of ether oxygens (including phenoxy) is 1. The van der Waals surface area contributed by atoms with Crippen LogP contribution in [0.4, 0.5) is 0 Å². The molecule has 4 heteroatoms. The van der Waals surface area contributed by atoms with Crippen molar-refractivity contribution in [2.24, 2.45) is 5.92 Å². The summed E-state index contributed by atoms with van der Waals surface area (Å²) < 4.78 is 7.53. The number of benzene rings is 2. The SMILES string of the molecule is CCCC(C)C(=O)COc1ccc2sc3ccccc3c(=O)c2c1. The topological polar surface area (TPSA) is 43.4 Å². The highest BCUT2D eigenvalue weighted by atomic mass is 32.1. The van der Waals surface area contributed by atoms with Crippen molar-refractivity contribution >= 4 is 37.3 Å². The maximum absolute atomic E-state index is 12.7. The van der Waals surface area contributed by atoms with Crippen LogP contribution in [-0.4, -0.2) is 12.4 Å². The van der Waals surface area contributed by atoms with Gasteiger partial charge in [-0.2, -0.15) is 0 Å². The molecule has 1 atom stereocenters. The zero-order valence-corrected chi connectivity index (χ0v) is 14.7. The van der Waals surface area contributed by atoms with Crippen molar-refractivity contribution in [2.45, 2.75) is 26.7 Å². The molecule has 0 amide bonds. The van der Waals surface area contributed by atoms with Crippen LogP contribution in [0.15, 0.2) is 47.3 Å². The highest BCUT2D eigenvalue weighted by molar-refractivity contribution is 7.24. The second-order valence-corrected chi connectivity index (χ2v) is 7.11. The van der Waals surface area contributed by atoms with E-state index in [1.165, 1.54) is 0 Å². The van der Waals surface area contributed by atoms with E-state index in [2.05, 4.69) is 6.92 Å². The Bertz CT molecular complexity index is 942. The molecule has 3 rings (SSSR count). The molecule has 3 aromatic rings. The Morgan fingerprint density at radius 2 is 1.88 bits per heavy atom. The molecule has 1 unspecified atom stereocenters. The van der Waals surface area contributed by atoms with Gasteiger partial charge >= 0.3 is 0 Å². The number of hydrogen-bond acceptors (Lipinski definition) is 4. The zero-order valence-electron chi connectivity index (χ0n) is 13.9. The summed E-state index contributed by atoms with van der Waals surface area (Å²) >= 11 is 1.59. The molecular weight excluding hydrogens is 320 g/mol. The number of fused-ring (bicyclic) bond motifs is 2. The van der Waals surface area contributed by atoms with Crippen LogP contribution >= 0.6 is 11.3 Å². The molecule has 0 saturated heterocycles. The summed E-state index contributed by atoms with van der Waals surface area (Å²) in [7, 11) is 0. The number of hydrogen-bond donors (Lipinski definition) is 0. The molecule has 0 N–H and O–H groups in total. The smallest absolute Gasteiger partial charge is 0.196 e. The predicted molar refractivity (Wildman–Crippen MR) is 100 cm³/mol. The fourth-order valence-corrected chi connectivity index (χ4v) is 3.81. The fourth-order valence-electron chi connectivity index (χ4n) is 2.76. The van der Waals surface area contributed by atoms with Gasteiger partial charge in [-0.25, -0.2) is 0 Å². The van der Waals surface area contributed by atoms with Gasteiger partial charge in [0.2, 0.25) is 0 Å². The van der Waals surface area contributed by atoms with Crippen LogP contribution in [0.1, 0.15) is 26.7 Å². The molecule has 3 nitrogen and oxygen atoms in total. The lowest BCUT2D eigenvalue weighted by atomic mass is 10.0. The number of rotatable bonds is 6. The lowest BCUT2D eigenvalue weighted by molar-refractivity contribution is -0.124. The van der Waals surface area contributed by atoms with Crippen molar-refractivity contribution in [3.63, 3.8) is 0 Å². The quantitative estimate of drug-likeness (QED) is 0.605. The highest BCUT2D eigenvalue weighted by Gasteiger charge is 2.13. The first-order valence-electron chi connectivity index (χ1n) is 8.21. The summed E-state index contributed by atoms with van der Waals surface area (Å²) in [4.78, 5) is 24.7. The molecule has 124 valence electrons. The molecule has 1 heterocycles. The van der Waals surface area contributed by atoms with Crippen LogP contribution in [0.2, 0.25) is 0 Å². The van der Waals surface area contributed by atoms with Crippen LogP contribution < -0.4 is 10.2 Å². The average molecular weight is 340 g/mol. The van der Waals surface area contributed by atoms with Crippen molar-refractivity contribution in [3.05, 3.63) is 52.7 Å². The largest absolute Gasteiger partial charge is 0.486 e. The lowest BCUT2D eigenvalue weighted by Gasteiger charge is -2.11. The van der Waals surface area contributed by atoms with Gasteiger partial charge in [0.05, 0.1) is 0 Å². The van der Waals surface area contributed by atoms with Gasteiger partial charge in [0.25, 0.3) is 0 Å². The van der Waals surface area contributed by atoms with Crippen molar-refractivity contribution < 1.29 is 9.53 Å². The summed E-state index contributed by atoms with van der Waals surface area (Å²) in [6, 6.07) is 13.1. The molecule has 0 fully saturated rings. The molecule has 2 aromatic carbocycles. The van der Waals surface area contributed by atoms with Gasteiger partial charge in [0.15, 0.2) is 11.2 Å². The van der Waals surface area contributed by atoms with E-state index in [0.29, 0.717) is 11.1 Å². The van der Waals surface area contributed by atoms with Gasteiger partial charge in [-0.05, 0) is 36.8 Å². The maximum atomic E-state index is 12.7. The average Bonchev–Trinajstić information content (AvgIpc) is 2.60. The number of Topliss-reactive ketones (excluding diaryl/α,β-unsaturated/α-hetero) is 1. The van der Waals surface area contributed by atoms with Crippen molar-refractivity contribution in [2.75, 3.05) is 6.61 Å². The van der Waals surface area contributed by atoms with Crippen LogP contribution in [0.3, 0.4) is 0 Å². The first kappa shape index (κ1) is 16.7. The van der Waals surface area contributed by atoms with E-state index in [9.17, 15) is 9.59 Å². The van der Waals surface area contributed by atoms with Crippen molar-refractivity contribution in [3.8, 4) is 5.75 Å². The summed E-state index contributed by atoms with van der Waals surface area (Å²) in [6.45, 7) is 4.05. The summed E-state index contributed by atoms with van der Waals surface area (Å²) in [5.41, 5.74) is 0.00970. The van der Waals surface area contributed by atoms with E-state index in [1.54, 1.807) is 17.4 Å². The van der Waals surface area contributed by atoms with E-state index in [1.807, 2.05) is 43.3 Å². The number of ketones is 1. The third kappa shape index (κ3) is 3.34. The standard InChI is InChI=1S/C20H20O3S/c1-3-6-13(2)17(21)12-23-14-9-10-19-16(11-14)20(22)15-7-4-5-8-18(15)24-19/h4-5,7-11,13H,3,6,12H2,1-2H3. The van der Waals surface area contributed by atoms with E-state index in [4.69, 9.17) is 4.74 Å². The monoisotopic (exact) mass is 340 g/mol. The third-order valence-electron chi connectivity index (χ3n) is 4.20. The third-order valence-corrected chi connectivity index (χ3v) is 5.35. The molecule has 0 bridgehead atoms. The van der Waals surface area contributed by atoms with Gasteiger partial charge in [-0.15, -0.1) is 11.3 Å². The second-order valence-electron chi connectivity index (χ2n) is 6.03. The fraction of sp³-hybridized carbons (Fsp3) is 0.300. The van der Waals surface area contributed by atoms with Crippen LogP contribution in [0, 0.1) is 5.92 Å². The Kier molecular flexibility index (Phi) is 4.95. The molecule has 0 radical (unpaired) electrons. The Morgan fingerprint density at radius 3 is 2.67 bits per heavy atom. The van der Waals surface area contributed by atoms with Crippen molar-refractivity contribution in [1.29, 1.82) is 0 Å². The minimum absolute atomic E-state index is 0.00970. The first-order chi connectivity index (χ1) is 11.6. The number of carbonyl (C=O) groups excluding carboxylic acids is 1. The van der Waals surface area contributed by atoms with E-state index < -0.39 is 0 Å². The van der Waals surface area contributed by atoms with E-state index in [-0.39, 0.29) is 23.7 Å². The second kappa shape index (κ2) is 7.14. The molecule has 1 aromatic heterocycles. The van der Waals surface area contributed by atoms with Crippen LogP contribution in [-0.2, 0) is 4.79 Å². The molecule has 24 heavy (non-hydrogen) atoms. The minimum atomic E-state index is 0.00970. The number of carbonyl (C=O) groups is 1. The molecule has 0 saturated carbocycles. The van der Waals surface area contributed by atoms with Gasteiger partial charge in [0, 0.05) is 26.1 Å². The van der Waals surface area contributed by atoms with Gasteiger partial charge in [0.1, 0.15) is 12.4 Å². The van der Waals surface area contributed by atoms with E-state index in [0.717, 1.165) is 27.6 Å². The zero-order chi connectivity index (χ0) is 17.1. The molecule has 0 aliphatic heterocycles. The van der Waals surface area contributed by atoms with Crippen molar-refractivity contribution in [1.82, 2.24) is 0 Å². The van der Waals surface area contributed by atoms with E-state index >= 15 is 0 Å². The predicted octanol–water partition coefficient (Wildman–Crippen LogP) is 4.80. The normalized spacial score (nSPS) is 12.4. The lowest BCUT2D eigenvalue weighted by Crippen LogP contribution is -2.19. The Balaban J connectivity index is 1.88. The minimum Gasteiger partial charge on any atom is -0.486 e.